The molecule has 1 amide bonds. The van der Waals surface area contributed by atoms with E-state index < -0.39 is 0 Å². The summed E-state index contributed by atoms with van der Waals surface area (Å²) in [5.41, 5.74) is 3.69. The van der Waals surface area contributed by atoms with Crippen molar-refractivity contribution < 1.29 is 13.6 Å². The van der Waals surface area contributed by atoms with E-state index in [1.54, 1.807) is 13.0 Å². The first-order valence-corrected chi connectivity index (χ1v) is 6.09. The van der Waals surface area contributed by atoms with Crippen LogP contribution in [0.2, 0.25) is 0 Å². The maximum absolute atomic E-state index is 11.9. The lowest BCUT2D eigenvalue weighted by atomic mass is 10.2. The smallest absolute Gasteiger partial charge is 0.274 e. The zero-order chi connectivity index (χ0) is 13.8. The second-order valence-electron chi connectivity index (χ2n) is 4.15. The minimum absolute atomic E-state index is 0.291. The molecule has 0 radical (unpaired) electrons. The third-order valence-corrected chi connectivity index (χ3v) is 2.76. The number of nitrogens with zero attached hydrogens (tertiary/aromatic N) is 1. The third-order valence-electron chi connectivity index (χ3n) is 2.76. The molecule has 2 aromatic rings. The van der Waals surface area contributed by atoms with E-state index in [-0.39, 0.29) is 5.91 Å². The lowest BCUT2D eigenvalue weighted by molar-refractivity contribution is 0.0953. The molecule has 0 unspecified atom stereocenters. The van der Waals surface area contributed by atoms with Gasteiger partial charge < -0.3 is 8.83 Å². The van der Waals surface area contributed by atoms with E-state index in [9.17, 15) is 4.79 Å². The quantitative estimate of drug-likeness (QED) is 0.678. The Balaban J connectivity index is 2.12. The van der Waals surface area contributed by atoms with Crippen molar-refractivity contribution in [2.45, 2.75) is 27.2 Å². The maximum Gasteiger partial charge on any atom is 0.274 e. The van der Waals surface area contributed by atoms with Crippen molar-refractivity contribution in [1.29, 1.82) is 0 Å². The normalized spacial score (nSPS) is 11.6. The zero-order valence-electron chi connectivity index (χ0n) is 11.2. The highest BCUT2D eigenvalue weighted by Gasteiger charge is 2.12. The largest absolute Gasteiger partial charge is 0.469 e. The molecule has 0 saturated carbocycles. The van der Waals surface area contributed by atoms with Crippen LogP contribution in [-0.2, 0) is 0 Å². The number of hydrogen-bond donors (Lipinski definition) is 1. The van der Waals surface area contributed by atoms with Gasteiger partial charge in [0.25, 0.3) is 5.91 Å². The van der Waals surface area contributed by atoms with Gasteiger partial charge in [-0.15, -0.1) is 0 Å². The standard InChI is InChI=1S/C14H16N2O3/c1-4-12(13-6-5-9(2)19-13)15-16-14(17)11-7-8-18-10(11)3/h5-8H,4H2,1-3H3,(H,16,17)/b15-12-. The van der Waals surface area contributed by atoms with Crippen molar-refractivity contribution in [1.82, 2.24) is 5.43 Å². The lowest BCUT2D eigenvalue weighted by Crippen LogP contribution is -2.20. The molecule has 5 nitrogen and oxygen atoms in total. The highest BCUT2D eigenvalue weighted by molar-refractivity contribution is 6.00. The van der Waals surface area contributed by atoms with Crippen molar-refractivity contribution in [3.63, 3.8) is 0 Å². The Bertz CT molecular complexity index is 608. The number of furan rings is 2. The van der Waals surface area contributed by atoms with Gasteiger partial charge in [-0.1, -0.05) is 6.92 Å². The molecule has 0 aliphatic heterocycles. The van der Waals surface area contributed by atoms with E-state index in [1.165, 1.54) is 6.26 Å². The van der Waals surface area contributed by atoms with E-state index >= 15 is 0 Å². The maximum atomic E-state index is 11.9. The molecule has 100 valence electrons. The molecular formula is C14H16N2O3. The highest BCUT2D eigenvalue weighted by Crippen LogP contribution is 2.11. The number of aryl methyl sites for hydroxylation is 2. The fourth-order valence-electron chi connectivity index (χ4n) is 1.70. The summed E-state index contributed by atoms with van der Waals surface area (Å²) in [6, 6.07) is 5.32. The van der Waals surface area contributed by atoms with Gasteiger partial charge in [0.1, 0.15) is 23.0 Å². The van der Waals surface area contributed by atoms with Crippen LogP contribution < -0.4 is 5.43 Å². The SMILES string of the molecule is CC/C(=N/NC(=O)c1ccoc1C)c1ccc(C)o1. The number of hydrazone groups is 1. The first kappa shape index (κ1) is 13.1. The minimum Gasteiger partial charge on any atom is -0.469 e. The molecule has 1 N–H and O–H groups in total. The van der Waals surface area contributed by atoms with Gasteiger partial charge in [0.05, 0.1) is 11.8 Å². The lowest BCUT2D eigenvalue weighted by Gasteiger charge is -2.02. The van der Waals surface area contributed by atoms with Gasteiger partial charge in [-0.2, -0.15) is 5.10 Å². The summed E-state index contributed by atoms with van der Waals surface area (Å²) >= 11 is 0. The van der Waals surface area contributed by atoms with Gasteiger partial charge in [0, 0.05) is 0 Å². The topological polar surface area (TPSA) is 67.7 Å². The number of rotatable bonds is 4. The minimum atomic E-state index is -0.291. The molecule has 0 aromatic carbocycles. The summed E-state index contributed by atoms with van der Waals surface area (Å²) in [7, 11) is 0. The summed E-state index contributed by atoms with van der Waals surface area (Å²) in [4.78, 5) is 11.9. The van der Waals surface area contributed by atoms with Crippen LogP contribution in [0, 0.1) is 13.8 Å². The molecule has 0 bridgehead atoms. The average molecular weight is 260 g/mol. The summed E-state index contributed by atoms with van der Waals surface area (Å²) < 4.78 is 10.6. The first-order chi connectivity index (χ1) is 9.11. The van der Waals surface area contributed by atoms with Crippen LogP contribution in [-0.4, -0.2) is 11.6 Å². The van der Waals surface area contributed by atoms with E-state index in [0.29, 0.717) is 29.2 Å². The van der Waals surface area contributed by atoms with E-state index in [1.807, 2.05) is 26.0 Å². The van der Waals surface area contributed by atoms with Crippen molar-refractivity contribution in [2.24, 2.45) is 5.10 Å². The van der Waals surface area contributed by atoms with Gasteiger partial charge in [0.2, 0.25) is 0 Å². The number of nitrogens with one attached hydrogen (secondary N) is 1. The van der Waals surface area contributed by atoms with Gasteiger partial charge in [0.15, 0.2) is 0 Å². The molecule has 0 aliphatic carbocycles. The predicted molar refractivity (Wildman–Crippen MR) is 71.2 cm³/mol. The van der Waals surface area contributed by atoms with Crippen molar-refractivity contribution in [2.75, 3.05) is 0 Å². The molecule has 19 heavy (non-hydrogen) atoms. The monoisotopic (exact) mass is 260 g/mol. The Kier molecular flexibility index (Phi) is 3.85. The Morgan fingerprint density at radius 2 is 2.11 bits per heavy atom. The summed E-state index contributed by atoms with van der Waals surface area (Å²) in [5, 5.41) is 4.10. The van der Waals surface area contributed by atoms with Gasteiger partial charge in [-0.25, -0.2) is 5.43 Å². The molecule has 2 rings (SSSR count). The Morgan fingerprint density at radius 3 is 2.63 bits per heavy atom. The Hall–Kier alpha value is -2.30. The second kappa shape index (κ2) is 5.56. The Labute approximate surface area is 111 Å². The molecule has 0 spiro atoms. The fourth-order valence-corrected chi connectivity index (χ4v) is 1.70. The number of hydrogen-bond acceptors (Lipinski definition) is 4. The second-order valence-corrected chi connectivity index (χ2v) is 4.15. The van der Waals surface area contributed by atoms with Gasteiger partial charge in [-0.05, 0) is 38.5 Å². The number of amides is 1. The molecule has 2 aromatic heterocycles. The third kappa shape index (κ3) is 2.93. The molecule has 0 fully saturated rings. The fraction of sp³-hybridized carbons (Fsp3) is 0.286. The number of carbonyl (C=O) groups is 1. The van der Waals surface area contributed by atoms with Crippen LogP contribution in [0.5, 0.6) is 0 Å². The van der Waals surface area contributed by atoms with Crippen molar-refractivity contribution in [3.05, 3.63) is 47.3 Å². The molecule has 0 saturated heterocycles. The average Bonchev–Trinajstić information content (AvgIpc) is 2.99. The van der Waals surface area contributed by atoms with Gasteiger partial charge in [-0.3, -0.25) is 4.79 Å². The number of carbonyl (C=O) groups excluding carboxylic acids is 1. The molecule has 0 atom stereocenters. The summed E-state index contributed by atoms with van der Waals surface area (Å²) in [6.07, 6.45) is 2.14. The zero-order valence-corrected chi connectivity index (χ0v) is 11.2. The first-order valence-electron chi connectivity index (χ1n) is 6.09. The molecular weight excluding hydrogens is 244 g/mol. The van der Waals surface area contributed by atoms with Crippen LogP contribution >= 0.6 is 0 Å². The summed E-state index contributed by atoms with van der Waals surface area (Å²) in [5.74, 6) is 1.76. The van der Waals surface area contributed by atoms with E-state index in [0.717, 1.165) is 5.76 Å². The molecule has 5 heteroatoms. The van der Waals surface area contributed by atoms with Crippen LogP contribution in [0.1, 0.15) is 41.0 Å². The van der Waals surface area contributed by atoms with Crippen LogP contribution in [0.15, 0.2) is 38.4 Å². The van der Waals surface area contributed by atoms with Crippen molar-refractivity contribution >= 4 is 11.6 Å². The predicted octanol–water partition coefficient (Wildman–Crippen LogP) is 3.03. The van der Waals surface area contributed by atoms with Crippen LogP contribution in [0.25, 0.3) is 0 Å². The highest BCUT2D eigenvalue weighted by atomic mass is 16.3. The van der Waals surface area contributed by atoms with Crippen molar-refractivity contribution in [3.8, 4) is 0 Å². The van der Waals surface area contributed by atoms with E-state index in [4.69, 9.17) is 8.83 Å². The van der Waals surface area contributed by atoms with Gasteiger partial charge >= 0.3 is 0 Å². The Morgan fingerprint density at radius 1 is 1.32 bits per heavy atom. The molecule has 2 heterocycles. The van der Waals surface area contributed by atoms with Crippen LogP contribution in [0.3, 0.4) is 0 Å². The van der Waals surface area contributed by atoms with Crippen LogP contribution in [0.4, 0.5) is 0 Å². The van der Waals surface area contributed by atoms with E-state index in [2.05, 4.69) is 10.5 Å². The summed E-state index contributed by atoms with van der Waals surface area (Å²) in [6.45, 7) is 5.55. The molecule has 0 aliphatic rings.